The lowest BCUT2D eigenvalue weighted by Crippen LogP contribution is -2.39. The molecule has 0 fully saturated rings. The number of rotatable bonds is 12. The Hall–Kier alpha value is -5.07. The third-order valence-corrected chi connectivity index (χ3v) is 9.36. The highest BCUT2D eigenvalue weighted by Gasteiger charge is 2.25. The van der Waals surface area contributed by atoms with Gasteiger partial charge >= 0.3 is 5.69 Å². The second-order valence-electron chi connectivity index (χ2n) is 11.3. The number of hydrogen-bond acceptors (Lipinski definition) is 7. The number of fused-ring (bicyclic) bond motifs is 1. The molecule has 0 atom stereocenters. The van der Waals surface area contributed by atoms with Crippen molar-refractivity contribution in [2.24, 2.45) is 0 Å². The molecule has 9 nitrogen and oxygen atoms in total. The molecule has 0 radical (unpaired) electrons. The Morgan fingerprint density at radius 1 is 0.894 bits per heavy atom. The van der Waals surface area contributed by atoms with Gasteiger partial charge in [-0.15, -0.1) is 11.3 Å². The van der Waals surface area contributed by atoms with E-state index in [0.717, 1.165) is 32.7 Å². The number of hydrogen-bond donors (Lipinski definition) is 0. The van der Waals surface area contributed by atoms with E-state index < -0.39 is 29.4 Å². The molecule has 0 aliphatic heterocycles. The SMILES string of the molecule is CCC(=O)Cc1ccc(-c2sc3c(c2CN(C)CCn2nccn2)c(=O)n(-c2ccccc2)c(=O)n3Cc2c(F)cccc2F)cc1. The Kier molecular flexibility index (Phi) is 9.32. The summed E-state index contributed by atoms with van der Waals surface area (Å²) in [5, 5.41) is 8.64. The third kappa shape index (κ3) is 6.60. The first-order chi connectivity index (χ1) is 22.7. The third-order valence-electron chi connectivity index (χ3n) is 8.05. The van der Waals surface area contributed by atoms with Crippen molar-refractivity contribution in [1.82, 2.24) is 29.0 Å². The molecule has 0 aliphatic carbocycles. The number of aromatic nitrogens is 5. The maximum absolute atomic E-state index is 15.0. The number of thiophene rings is 1. The van der Waals surface area contributed by atoms with Crippen LogP contribution < -0.4 is 11.2 Å². The van der Waals surface area contributed by atoms with E-state index in [0.29, 0.717) is 53.9 Å². The normalized spacial score (nSPS) is 11.5. The van der Waals surface area contributed by atoms with Crippen LogP contribution in [0, 0.1) is 11.6 Å². The van der Waals surface area contributed by atoms with Crippen molar-refractivity contribution in [3.63, 3.8) is 0 Å². The van der Waals surface area contributed by atoms with Crippen LogP contribution in [0.3, 0.4) is 0 Å². The minimum Gasteiger partial charge on any atom is -0.300 e. The van der Waals surface area contributed by atoms with E-state index in [2.05, 4.69) is 10.2 Å². The summed E-state index contributed by atoms with van der Waals surface area (Å²) in [6, 6.07) is 19.6. The van der Waals surface area contributed by atoms with E-state index in [1.165, 1.54) is 22.0 Å². The number of Topliss-reactive ketones (excluding diaryl/α,β-unsaturated/α-hetero) is 1. The second kappa shape index (κ2) is 13.7. The Bertz CT molecular complexity index is 2140. The fourth-order valence-corrected chi connectivity index (χ4v) is 6.84. The highest BCUT2D eigenvalue weighted by Crippen LogP contribution is 2.38. The van der Waals surface area contributed by atoms with Gasteiger partial charge in [0.1, 0.15) is 22.2 Å². The highest BCUT2D eigenvalue weighted by atomic mass is 32.1. The van der Waals surface area contributed by atoms with Gasteiger partial charge in [0, 0.05) is 36.4 Å². The van der Waals surface area contributed by atoms with Gasteiger partial charge in [-0.25, -0.2) is 18.1 Å². The van der Waals surface area contributed by atoms with Gasteiger partial charge < -0.3 is 4.90 Å². The number of carbonyl (C=O) groups excluding carboxylic acids is 1. The summed E-state index contributed by atoms with van der Waals surface area (Å²) >= 11 is 1.23. The van der Waals surface area contributed by atoms with Gasteiger partial charge in [0.2, 0.25) is 0 Å². The molecule has 240 valence electrons. The van der Waals surface area contributed by atoms with Crippen molar-refractivity contribution < 1.29 is 13.6 Å². The van der Waals surface area contributed by atoms with Crippen LogP contribution >= 0.6 is 11.3 Å². The van der Waals surface area contributed by atoms with E-state index in [-0.39, 0.29) is 11.3 Å². The molecule has 0 saturated carbocycles. The summed E-state index contributed by atoms with van der Waals surface area (Å²) in [5.74, 6) is -1.45. The van der Waals surface area contributed by atoms with E-state index in [9.17, 15) is 23.2 Å². The van der Waals surface area contributed by atoms with Gasteiger partial charge in [-0.2, -0.15) is 15.0 Å². The van der Waals surface area contributed by atoms with Crippen LogP contribution in [0.4, 0.5) is 8.78 Å². The number of halogens is 2. The summed E-state index contributed by atoms with van der Waals surface area (Å²) in [5.41, 5.74) is 1.17. The first-order valence-electron chi connectivity index (χ1n) is 15.2. The summed E-state index contributed by atoms with van der Waals surface area (Å²) in [6.07, 6.45) is 3.96. The number of benzene rings is 3. The lowest BCUT2D eigenvalue weighted by Gasteiger charge is -2.18. The summed E-state index contributed by atoms with van der Waals surface area (Å²) in [6.45, 7) is 2.79. The van der Waals surface area contributed by atoms with E-state index in [4.69, 9.17) is 0 Å². The molecule has 0 unspecified atom stereocenters. The van der Waals surface area contributed by atoms with Gasteiger partial charge in [-0.05, 0) is 48.0 Å². The fourth-order valence-electron chi connectivity index (χ4n) is 5.53. The van der Waals surface area contributed by atoms with Crippen molar-refractivity contribution >= 4 is 27.3 Å². The number of para-hydroxylation sites is 1. The molecule has 3 heterocycles. The molecule has 0 amide bonds. The van der Waals surface area contributed by atoms with E-state index >= 15 is 0 Å². The predicted molar refractivity (Wildman–Crippen MR) is 178 cm³/mol. The van der Waals surface area contributed by atoms with Gasteiger partial charge in [0.15, 0.2) is 0 Å². The lowest BCUT2D eigenvalue weighted by molar-refractivity contribution is -0.118. The Labute approximate surface area is 272 Å². The molecule has 3 aromatic heterocycles. The van der Waals surface area contributed by atoms with Crippen LogP contribution in [0.2, 0.25) is 0 Å². The van der Waals surface area contributed by atoms with Crippen molar-refractivity contribution in [2.45, 2.75) is 39.4 Å². The predicted octanol–water partition coefficient (Wildman–Crippen LogP) is 5.45. The van der Waals surface area contributed by atoms with Gasteiger partial charge in [0.25, 0.3) is 5.56 Å². The zero-order valence-electron chi connectivity index (χ0n) is 25.9. The molecule has 0 N–H and O–H groups in total. The summed E-state index contributed by atoms with van der Waals surface area (Å²) < 4.78 is 32.3. The quantitative estimate of drug-likeness (QED) is 0.174. The summed E-state index contributed by atoms with van der Waals surface area (Å²) in [7, 11) is 1.91. The zero-order chi connectivity index (χ0) is 33.1. The number of likely N-dealkylation sites (N-methyl/N-ethyl adjacent to an activating group) is 1. The standard InChI is InChI=1S/C35H32F2N6O3S/c1-3-26(44)20-23-12-14-24(15-13-23)32-28(21-40(2)18-19-42-38-16-17-39-42)31-33(45)43(25-8-5-4-6-9-25)35(46)41(34(31)47-32)22-27-29(36)10-7-11-30(27)37/h4-17H,3,18-22H2,1-2H3. The molecule has 6 aromatic rings. The smallest absolute Gasteiger partial charge is 0.300 e. The van der Waals surface area contributed by atoms with Crippen molar-refractivity contribution in [3.05, 3.63) is 134 Å². The molecule has 0 bridgehead atoms. The number of ketones is 1. The Balaban J connectivity index is 1.58. The zero-order valence-corrected chi connectivity index (χ0v) is 26.7. The van der Waals surface area contributed by atoms with Crippen LogP contribution in [0.25, 0.3) is 26.3 Å². The minimum atomic E-state index is -0.788. The number of nitrogens with zero attached hydrogens (tertiary/aromatic N) is 6. The Morgan fingerprint density at radius 3 is 2.23 bits per heavy atom. The van der Waals surface area contributed by atoms with Crippen LogP contribution in [0.15, 0.2) is 94.8 Å². The second-order valence-corrected chi connectivity index (χ2v) is 12.3. The van der Waals surface area contributed by atoms with Gasteiger partial charge in [-0.3, -0.25) is 14.2 Å². The lowest BCUT2D eigenvalue weighted by atomic mass is 10.0. The van der Waals surface area contributed by atoms with Crippen molar-refractivity contribution in [3.8, 4) is 16.1 Å². The van der Waals surface area contributed by atoms with Crippen LogP contribution in [0.1, 0.15) is 30.0 Å². The maximum Gasteiger partial charge on any atom is 0.337 e. The first kappa shape index (κ1) is 31.9. The molecule has 12 heteroatoms. The molecule has 0 spiro atoms. The van der Waals surface area contributed by atoms with E-state index in [1.807, 2.05) is 43.1 Å². The fraction of sp³-hybridized carbons (Fsp3) is 0.229. The largest absolute Gasteiger partial charge is 0.337 e. The average Bonchev–Trinajstić information content (AvgIpc) is 3.73. The van der Waals surface area contributed by atoms with Gasteiger partial charge in [-0.1, -0.05) is 55.5 Å². The molecule has 47 heavy (non-hydrogen) atoms. The Morgan fingerprint density at radius 2 is 1.57 bits per heavy atom. The monoisotopic (exact) mass is 654 g/mol. The van der Waals surface area contributed by atoms with Crippen LogP contribution in [-0.2, 0) is 30.8 Å². The minimum absolute atomic E-state index is 0.124. The van der Waals surface area contributed by atoms with Crippen molar-refractivity contribution in [2.75, 3.05) is 13.6 Å². The molecular formula is C35H32F2N6O3S. The van der Waals surface area contributed by atoms with E-state index in [1.54, 1.807) is 47.5 Å². The topological polar surface area (TPSA) is 95.0 Å². The highest BCUT2D eigenvalue weighted by molar-refractivity contribution is 7.22. The van der Waals surface area contributed by atoms with Crippen LogP contribution in [0.5, 0.6) is 0 Å². The molecule has 3 aromatic carbocycles. The van der Waals surface area contributed by atoms with Gasteiger partial charge in [0.05, 0.1) is 36.6 Å². The molecular weight excluding hydrogens is 622 g/mol. The number of carbonyl (C=O) groups is 1. The first-order valence-corrected chi connectivity index (χ1v) is 16.0. The summed E-state index contributed by atoms with van der Waals surface area (Å²) in [4.78, 5) is 45.3. The molecule has 6 rings (SSSR count). The van der Waals surface area contributed by atoms with Crippen LogP contribution in [-0.4, -0.2) is 48.4 Å². The van der Waals surface area contributed by atoms with Crippen molar-refractivity contribution in [1.29, 1.82) is 0 Å². The molecule has 0 saturated heterocycles. The average molecular weight is 655 g/mol. The molecule has 0 aliphatic rings. The maximum atomic E-state index is 15.0.